The first-order valence-corrected chi connectivity index (χ1v) is 24.7. The number of nitrogens with zero attached hydrogens (tertiary/aromatic N) is 13. The number of nitrogens with one attached hydrogen (secondary N) is 3. The van der Waals surface area contributed by atoms with Gasteiger partial charge in [-0.1, -0.05) is 12.1 Å². The smallest absolute Gasteiger partial charge is 0.307 e. The maximum Gasteiger partial charge on any atom is 0.307 e. The summed E-state index contributed by atoms with van der Waals surface area (Å²) in [6.45, 7) is 14.7. The van der Waals surface area contributed by atoms with Gasteiger partial charge in [0.05, 0.1) is 49.8 Å². The van der Waals surface area contributed by atoms with Crippen LogP contribution in [-0.4, -0.2) is 149 Å². The van der Waals surface area contributed by atoms with E-state index in [1.54, 1.807) is 31.5 Å². The molecule has 0 unspecified atom stereocenters. The van der Waals surface area contributed by atoms with E-state index in [0.717, 1.165) is 113 Å². The third-order valence-electron chi connectivity index (χ3n) is 12.2. The molecule has 75 heavy (non-hydrogen) atoms. The monoisotopic (exact) mass is 1010 g/mol. The van der Waals surface area contributed by atoms with E-state index < -0.39 is 5.97 Å². The van der Waals surface area contributed by atoms with E-state index in [4.69, 9.17) is 24.5 Å². The quantitative estimate of drug-likeness (QED) is 0.107. The summed E-state index contributed by atoms with van der Waals surface area (Å²) in [6, 6.07) is 23.2. The number of pyridine rings is 4. The topological polar surface area (TPSA) is 255 Å². The molecule has 388 valence electrons. The minimum absolute atomic E-state index is 0.00298. The van der Waals surface area contributed by atoms with Gasteiger partial charge in [0.25, 0.3) is 0 Å². The lowest BCUT2D eigenvalue weighted by Crippen LogP contribution is -2.49. The summed E-state index contributed by atoms with van der Waals surface area (Å²) < 4.78 is 9.90. The summed E-state index contributed by atoms with van der Waals surface area (Å²) in [5.74, 6) is 3.54. The maximum absolute atomic E-state index is 12.8. The minimum Gasteiger partial charge on any atom is -0.481 e. The van der Waals surface area contributed by atoms with Gasteiger partial charge in [-0.3, -0.25) is 19.8 Å². The second-order valence-corrected chi connectivity index (χ2v) is 18.2. The Morgan fingerprint density at radius 2 is 1.03 bits per heavy atom. The number of ether oxygens (including phenoxy) is 2. The first-order chi connectivity index (χ1) is 36.4. The first kappa shape index (κ1) is 52.6. The number of methoxy groups -OCH3 is 2. The van der Waals surface area contributed by atoms with Crippen LogP contribution in [0.4, 0.5) is 11.6 Å². The van der Waals surface area contributed by atoms with E-state index >= 15 is 0 Å². The summed E-state index contributed by atoms with van der Waals surface area (Å²) in [7, 11) is 3.09. The molecule has 0 bridgehead atoms. The Labute approximate surface area is 435 Å². The van der Waals surface area contributed by atoms with Crippen LogP contribution in [-0.2, 0) is 35.3 Å². The van der Waals surface area contributed by atoms with Crippen molar-refractivity contribution in [1.82, 2.24) is 70.5 Å². The average Bonchev–Trinajstić information content (AvgIpc) is 4.04. The molecule has 0 aromatic carbocycles. The molecule has 21 nitrogen and oxygen atoms in total. The molecule has 2 saturated heterocycles. The highest BCUT2D eigenvalue weighted by Gasteiger charge is 2.23. The molecular formula is C54H62N16O5. The fourth-order valence-electron chi connectivity index (χ4n) is 8.43. The molecular weight excluding hydrogens is 953 g/mol. The molecule has 2 fully saturated rings. The first-order valence-electron chi connectivity index (χ1n) is 24.7. The van der Waals surface area contributed by atoms with Crippen molar-refractivity contribution in [1.29, 1.82) is 0 Å². The Morgan fingerprint density at radius 3 is 1.43 bits per heavy atom. The van der Waals surface area contributed by atoms with Gasteiger partial charge in [-0.25, -0.2) is 39.9 Å². The zero-order valence-corrected chi connectivity index (χ0v) is 43.1. The molecule has 0 spiro atoms. The molecule has 10 heterocycles. The number of carboxylic acid groups (broad SMARTS) is 1. The molecule has 0 saturated carbocycles. The van der Waals surface area contributed by atoms with Crippen molar-refractivity contribution in [2.75, 3.05) is 76.4 Å². The molecule has 8 aromatic heterocycles. The molecule has 4 N–H and O–H groups in total. The van der Waals surface area contributed by atoms with E-state index in [-0.39, 0.29) is 12.3 Å². The highest BCUT2D eigenvalue weighted by Crippen LogP contribution is 2.23. The number of carboxylic acids is 1. The van der Waals surface area contributed by atoms with Crippen molar-refractivity contribution in [3.63, 3.8) is 0 Å². The Bertz CT molecular complexity index is 3120. The van der Waals surface area contributed by atoms with Gasteiger partial charge < -0.3 is 34.6 Å². The molecule has 0 radical (unpaired) electrons. The van der Waals surface area contributed by atoms with Crippen LogP contribution in [0.15, 0.2) is 97.6 Å². The lowest BCUT2D eigenvalue weighted by Gasteiger charge is -2.35. The SMILES string of the molecule is COc1ccc(CC(=O)N2CCN(c3ccc(-c4nc(C)cc(Cc5cc(C)[nH]n5)n4)cn3)CC2)cn1.COc1ccc(CC(=O)O)cn1.Cc1cc(Cc2cc(C)[nH]n2)nc(-c2ccc(N3CCNCC3)nc2)n1. The van der Waals surface area contributed by atoms with Gasteiger partial charge in [-0.2, -0.15) is 10.2 Å². The van der Waals surface area contributed by atoms with E-state index in [0.29, 0.717) is 61.3 Å². The molecule has 10 rings (SSSR count). The van der Waals surface area contributed by atoms with Gasteiger partial charge in [0.2, 0.25) is 17.7 Å². The van der Waals surface area contributed by atoms with Gasteiger partial charge in [0.1, 0.15) is 11.6 Å². The number of carbonyl (C=O) groups excluding carboxylic acids is 1. The van der Waals surface area contributed by atoms with Crippen LogP contribution in [0.1, 0.15) is 56.7 Å². The molecule has 0 atom stereocenters. The summed E-state index contributed by atoms with van der Waals surface area (Å²) in [5, 5.41) is 26.4. The van der Waals surface area contributed by atoms with E-state index in [1.165, 1.54) is 13.3 Å². The fourth-order valence-corrected chi connectivity index (χ4v) is 8.43. The van der Waals surface area contributed by atoms with Crippen LogP contribution in [0.2, 0.25) is 0 Å². The van der Waals surface area contributed by atoms with E-state index in [1.807, 2.05) is 87.5 Å². The number of anilines is 2. The number of aromatic nitrogens is 12. The zero-order chi connectivity index (χ0) is 52.7. The fraction of sp³-hybridized carbons (Fsp3) is 0.333. The molecule has 1 amide bonds. The van der Waals surface area contributed by atoms with Crippen LogP contribution in [0.5, 0.6) is 11.8 Å². The number of rotatable bonds is 14. The summed E-state index contributed by atoms with van der Waals surface area (Å²) in [6.07, 6.45) is 8.54. The number of hydrogen-bond acceptors (Lipinski definition) is 17. The Balaban J connectivity index is 0.000000170. The van der Waals surface area contributed by atoms with Crippen LogP contribution < -0.4 is 24.6 Å². The lowest BCUT2D eigenvalue weighted by molar-refractivity contribution is -0.136. The number of amides is 1. The van der Waals surface area contributed by atoms with Crippen molar-refractivity contribution >= 4 is 23.5 Å². The Morgan fingerprint density at radius 1 is 0.547 bits per heavy atom. The lowest BCUT2D eigenvalue weighted by atomic mass is 10.1. The van der Waals surface area contributed by atoms with Gasteiger partial charge in [-0.05, 0) is 87.4 Å². The number of H-pyrrole nitrogens is 2. The van der Waals surface area contributed by atoms with Gasteiger partial charge in [0, 0.05) is 136 Å². The number of piperazine rings is 2. The van der Waals surface area contributed by atoms with Crippen LogP contribution >= 0.6 is 0 Å². The van der Waals surface area contributed by atoms with Crippen molar-refractivity contribution in [3.05, 3.63) is 154 Å². The van der Waals surface area contributed by atoms with E-state index in [2.05, 4.69) is 77.5 Å². The number of aromatic amines is 2. The van der Waals surface area contributed by atoms with Gasteiger partial charge in [0.15, 0.2) is 11.6 Å². The number of aliphatic carboxylic acids is 1. The molecule has 2 aliphatic rings. The van der Waals surface area contributed by atoms with Crippen molar-refractivity contribution in [2.45, 2.75) is 53.4 Å². The summed E-state index contributed by atoms with van der Waals surface area (Å²) in [4.78, 5) is 65.4. The predicted molar refractivity (Wildman–Crippen MR) is 283 cm³/mol. The second kappa shape index (κ2) is 25.3. The van der Waals surface area contributed by atoms with Crippen molar-refractivity contribution < 1.29 is 24.2 Å². The highest BCUT2D eigenvalue weighted by molar-refractivity contribution is 5.79. The average molecular weight is 1020 g/mol. The molecule has 0 aliphatic carbocycles. The van der Waals surface area contributed by atoms with Crippen molar-refractivity contribution in [3.8, 4) is 34.5 Å². The third-order valence-corrected chi connectivity index (χ3v) is 12.2. The molecule has 21 heteroatoms. The number of aryl methyl sites for hydroxylation is 4. The second-order valence-electron chi connectivity index (χ2n) is 18.2. The predicted octanol–water partition coefficient (Wildman–Crippen LogP) is 5.36. The Kier molecular flexibility index (Phi) is 17.7. The number of carbonyl (C=O) groups is 2. The Hall–Kier alpha value is -8.72. The van der Waals surface area contributed by atoms with Crippen LogP contribution in [0, 0.1) is 27.7 Å². The maximum atomic E-state index is 12.8. The van der Waals surface area contributed by atoms with Crippen molar-refractivity contribution in [2.24, 2.45) is 0 Å². The van der Waals surface area contributed by atoms with Gasteiger partial charge >= 0.3 is 5.97 Å². The van der Waals surface area contributed by atoms with Crippen LogP contribution in [0.25, 0.3) is 22.8 Å². The molecule has 8 aromatic rings. The largest absolute Gasteiger partial charge is 0.481 e. The van der Waals surface area contributed by atoms with Gasteiger partial charge in [-0.15, -0.1) is 0 Å². The molecule has 2 aliphatic heterocycles. The zero-order valence-electron chi connectivity index (χ0n) is 43.1. The van der Waals surface area contributed by atoms with E-state index in [9.17, 15) is 9.59 Å². The number of hydrogen-bond donors (Lipinski definition) is 4. The highest BCUT2D eigenvalue weighted by atomic mass is 16.5. The standard InChI is InChI=1S/C27H30N8O2.C19H23N7.C8H9NO3/c1-18-12-22(15-23-13-19(2)32-33-23)31-27(30-18)21-5-6-24(28-17-21)34-8-10-35(11-9-34)26(36)14-20-4-7-25(37-3)29-16-20;1-13-9-16(11-17-10-14(2)24-25-17)23-19(22-13)15-3-4-18(21-12-15)26-7-5-20-6-8-26;1-12-7-3-2-6(5-9-7)4-8(10)11/h4-7,12-13,16-17H,8-11,14-15H2,1-3H3,(H,32,33);3-4,9-10,12,20H,5-8,11H2,1-2H3,(H,24,25);2-3,5H,4H2,1H3,(H,10,11). The van der Waals surface area contributed by atoms with Crippen LogP contribution in [0.3, 0.4) is 0 Å². The third kappa shape index (κ3) is 15.2. The summed E-state index contributed by atoms with van der Waals surface area (Å²) >= 11 is 0. The summed E-state index contributed by atoms with van der Waals surface area (Å²) in [5.41, 5.74) is 11.1. The minimum atomic E-state index is -0.859. The normalized spacial score (nSPS) is 13.3.